The molecule has 0 radical (unpaired) electrons. The number of hydrogen-bond donors (Lipinski definition) is 1. The molecule has 2 atom stereocenters. The van der Waals surface area contributed by atoms with Crippen LogP contribution in [0.5, 0.6) is 0 Å². The number of allylic oxidation sites excluding steroid dienone is 2. The minimum Gasteiger partial charge on any atom is -0.357 e. The third-order valence-corrected chi connectivity index (χ3v) is 3.56. The quantitative estimate of drug-likeness (QED) is 0.740. The number of nitrogens with one attached hydrogen (secondary N) is 1. The van der Waals surface area contributed by atoms with Crippen molar-refractivity contribution in [3.05, 3.63) is 55.0 Å². The second-order valence-corrected chi connectivity index (χ2v) is 4.48. The van der Waals surface area contributed by atoms with Crippen molar-refractivity contribution in [3.8, 4) is 6.07 Å². The molecule has 1 saturated heterocycles. The van der Waals surface area contributed by atoms with Crippen LogP contribution < -0.4 is 4.57 Å². The predicted octanol–water partition coefficient (Wildman–Crippen LogP) is 0.980. The Labute approximate surface area is 106 Å². The van der Waals surface area contributed by atoms with Crippen molar-refractivity contribution in [3.63, 3.8) is 0 Å². The van der Waals surface area contributed by atoms with Crippen LogP contribution >= 0.6 is 0 Å². The summed E-state index contributed by atoms with van der Waals surface area (Å²) in [6, 6.07) is 7.93. The minimum atomic E-state index is -0.928. The lowest BCUT2D eigenvalue weighted by Crippen LogP contribution is -2.64. The number of pyridine rings is 1. The van der Waals surface area contributed by atoms with E-state index in [-0.39, 0.29) is 6.04 Å². The van der Waals surface area contributed by atoms with Crippen molar-refractivity contribution >= 4 is 5.71 Å². The van der Waals surface area contributed by atoms with E-state index in [0.717, 1.165) is 0 Å². The van der Waals surface area contributed by atoms with E-state index in [2.05, 4.69) is 6.07 Å². The normalized spacial score (nSPS) is 29.2. The molecule has 18 heavy (non-hydrogen) atoms. The maximum absolute atomic E-state index is 9.68. The second kappa shape index (κ2) is 3.81. The molecule has 1 fully saturated rings. The second-order valence-electron chi connectivity index (χ2n) is 4.48. The molecular formula is C14H13N4+. The van der Waals surface area contributed by atoms with Gasteiger partial charge in [0.15, 0.2) is 18.5 Å². The highest BCUT2D eigenvalue weighted by Crippen LogP contribution is 2.31. The van der Waals surface area contributed by atoms with Crippen LogP contribution in [0.4, 0.5) is 0 Å². The minimum absolute atomic E-state index is 0.104. The van der Waals surface area contributed by atoms with Gasteiger partial charge in [-0.15, -0.1) is 0 Å². The molecule has 4 nitrogen and oxygen atoms in total. The van der Waals surface area contributed by atoms with Gasteiger partial charge in [-0.1, -0.05) is 18.2 Å². The van der Waals surface area contributed by atoms with E-state index >= 15 is 0 Å². The highest BCUT2D eigenvalue weighted by Gasteiger charge is 2.58. The average molecular weight is 237 g/mol. The van der Waals surface area contributed by atoms with E-state index in [1.165, 1.54) is 0 Å². The largest absolute Gasteiger partial charge is 0.357 e. The van der Waals surface area contributed by atoms with E-state index in [4.69, 9.17) is 5.41 Å². The summed E-state index contributed by atoms with van der Waals surface area (Å²) in [5.41, 5.74) is -0.495. The molecule has 1 aromatic rings. The van der Waals surface area contributed by atoms with Gasteiger partial charge in [0.2, 0.25) is 0 Å². The van der Waals surface area contributed by atoms with Gasteiger partial charge in [-0.05, 0) is 6.08 Å². The zero-order valence-electron chi connectivity index (χ0n) is 9.82. The van der Waals surface area contributed by atoms with Crippen molar-refractivity contribution in [2.45, 2.75) is 11.6 Å². The van der Waals surface area contributed by atoms with Gasteiger partial charge in [-0.25, -0.2) is 0 Å². The van der Waals surface area contributed by atoms with Crippen LogP contribution in [0.25, 0.3) is 0 Å². The molecule has 2 aliphatic heterocycles. The molecular weight excluding hydrogens is 224 g/mol. The van der Waals surface area contributed by atoms with Crippen molar-refractivity contribution in [2.24, 2.45) is 0 Å². The first-order valence-corrected chi connectivity index (χ1v) is 5.86. The van der Waals surface area contributed by atoms with Crippen molar-refractivity contribution in [1.82, 2.24) is 4.90 Å². The number of aromatic nitrogens is 1. The highest BCUT2D eigenvalue weighted by atomic mass is 15.3. The smallest absolute Gasteiger partial charge is 0.316 e. The van der Waals surface area contributed by atoms with Crippen LogP contribution in [-0.4, -0.2) is 23.2 Å². The summed E-state index contributed by atoms with van der Waals surface area (Å²) in [5.74, 6) is 0. The van der Waals surface area contributed by atoms with Crippen LogP contribution in [0.1, 0.15) is 0 Å². The van der Waals surface area contributed by atoms with Gasteiger partial charge in [0.1, 0.15) is 11.8 Å². The number of rotatable bonds is 1. The fourth-order valence-corrected chi connectivity index (χ4v) is 2.68. The molecule has 0 aromatic carbocycles. The first kappa shape index (κ1) is 10.7. The van der Waals surface area contributed by atoms with E-state index in [1.54, 1.807) is 0 Å². The van der Waals surface area contributed by atoms with Gasteiger partial charge in [0.25, 0.3) is 0 Å². The molecule has 88 valence electrons. The van der Waals surface area contributed by atoms with Gasteiger partial charge >= 0.3 is 5.54 Å². The Bertz CT molecular complexity index is 582. The Morgan fingerprint density at radius 2 is 2.11 bits per heavy atom. The zero-order valence-corrected chi connectivity index (χ0v) is 9.82. The molecule has 4 heteroatoms. The van der Waals surface area contributed by atoms with Gasteiger partial charge in [-0.2, -0.15) is 9.83 Å². The monoisotopic (exact) mass is 237 g/mol. The summed E-state index contributed by atoms with van der Waals surface area (Å²) in [7, 11) is 0. The molecule has 2 unspecified atom stereocenters. The summed E-state index contributed by atoms with van der Waals surface area (Å²) in [6.07, 6.45) is 11.5. The molecule has 2 aliphatic rings. The fraction of sp³-hybridized carbons (Fsp3) is 0.214. The van der Waals surface area contributed by atoms with Crippen molar-refractivity contribution in [1.29, 1.82) is 10.7 Å². The summed E-state index contributed by atoms with van der Waals surface area (Å²) >= 11 is 0. The third kappa shape index (κ3) is 1.25. The molecule has 0 aliphatic carbocycles. The number of fused-ring (bicyclic) bond motifs is 1. The Morgan fingerprint density at radius 3 is 2.83 bits per heavy atom. The number of nitrogens with zero attached hydrogens (tertiary/aromatic N) is 3. The van der Waals surface area contributed by atoms with E-state index in [0.29, 0.717) is 12.3 Å². The molecule has 1 aromatic heterocycles. The van der Waals surface area contributed by atoms with Crippen LogP contribution in [0.2, 0.25) is 0 Å². The maximum Gasteiger partial charge on any atom is 0.316 e. The average Bonchev–Trinajstić information content (AvgIpc) is 2.72. The standard InChI is InChI=1S/C14H13N4/c15-11-14(18-8-3-1-4-9-18)12(16)10-17-7-5-2-6-13(14)17/h1-9,13,16H,10H2/q+1. The first-order valence-electron chi connectivity index (χ1n) is 5.86. The van der Waals surface area contributed by atoms with Gasteiger partial charge in [0.05, 0.1) is 6.54 Å². The maximum atomic E-state index is 9.68. The highest BCUT2D eigenvalue weighted by molar-refractivity contribution is 5.95. The molecule has 3 heterocycles. The Balaban J connectivity index is 2.17. The number of nitriles is 1. The predicted molar refractivity (Wildman–Crippen MR) is 66.7 cm³/mol. The topological polar surface area (TPSA) is 54.8 Å². The van der Waals surface area contributed by atoms with Crippen LogP contribution in [0.3, 0.4) is 0 Å². The van der Waals surface area contributed by atoms with E-state index in [1.807, 2.05) is 64.5 Å². The van der Waals surface area contributed by atoms with E-state index in [9.17, 15) is 5.26 Å². The fourth-order valence-electron chi connectivity index (χ4n) is 2.68. The lowest BCUT2D eigenvalue weighted by atomic mass is 9.88. The van der Waals surface area contributed by atoms with Crippen LogP contribution in [0.15, 0.2) is 55.0 Å². The Morgan fingerprint density at radius 1 is 1.33 bits per heavy atom. The molecule has 0 saturated carbocycles. The lowest BCUT2D eigenvalue weighted by Gasteiger charge is -2.26. The summed E-state index contributed by atoms with van der Waals surface area (Å²) in [4.78, 5) is 2.03. The zero-order chi connectivity index (χ0) is 12.6. The van der Waals surface area contributed by atoms with Crippen LogP contribution in [0, 0.1) is 16.7 Å². The molecule has 1 N–H and O–H groups in total. The van der Waals surface area contributed by atoms with Gasteiger partial charge in [-0.3, -0.25) is 5.41 Å². The lowest BCUT2D eigenvalue weighted by molar-refractivity contribution is -0.733. The molecule has 0 amide bonds. The SMILES string of the molecule is N#CC1([n+]2ccccc2)C(=N)CN2C=CC=CC21. The van der Waals surface area contributed by atoms with E-state index < -0.39 is 5.54 Å². The molecule has 0 bridgehead atoms. The summed E-state index contributed by atoms with van der Waals surface area (Å²) in [5, 5.41) is 17.9. The Kier molecular flexibility index (Phi) is 2.27. The van der Waals surface area contributed by atoms with Crippen molar-refractivity contribution < 1.29 is 4.57 Å². The van der Waals surface area contributed by atoms with Crippen molar-refractivity contribution in [2.75, 3.05) is 6.54 Å². The first-order chi connectivity index (χ1) is 8.79. The molecule has 3 rings (SSSR count). The summed E-state index contributed by atoms with van der Waals surface area (Å²) in [6.45, 7) is 0.501. The van der Waals surface area contributed by atoms with Gasteiger partial charge < -0.3 is 4.90 Å². The molecule has 0 spiro atoms. The third-order valence-electron chi connectivity index (χ3n) is 3.56. The van der Waals surface area contributed by atoms with Crippen LogP contribution in [-0.2, 0) is 5.54 Å². The Hall–Kier alpha value is -2.41. The summed E-state index contributed by atoms with van der Waals surface area (Å²) < 4.78 is 1.84. The van der Waals surface area contributed by atoms with Gasteiger partial charge in [0, 0.05) is 18.3 Å². The number of hydrogen-bond acceptors (Lipinski definition) is 3.